The molecule has 1 saturated heterocycles. The van der Waals surface area contributed by atoms with Crippen LogP contribution in [0.3, 0.4) is 0 Å². The maximum atomic E-state index is 12.5. The highest BCUT2D eigenvalue weighted by Crippen LogP contribution is 2.19. The van der Waals surface area contributed by atoms with Crippen LogP contribution in [-0.2, 0) is 6.54 Å². The summed E-state index contributed by atoms with van der Waals surface area (Å²) in [4.78, 5) is 21.1. The summed E-state index contributed by atoms with van der Waals surface area (Å²) in [5.41, 5.74) is 0.565. The van der Waals surface area contributed by atoms with Crippen LogP contribution in [0.25, 0.3) is 0 Å². The largest absolute Gasteiger partial charge is 0.356 e. The van der Waals surface area contributed by atoms with Crippen LogP contribution in [-0.4, -0.2) is 65.5 Å². The maximum absolute atomic E-state index is 12.5. The fraction of sp³-hybridized carbons (Fsp3) is 0.733. The number of likely N-dealkylation sites (tertiary alicyclic amines) is 1. The molecule has 3 heterocycles. The SMILES string of the molecule is CN1CCC(CN(C)C(=O)c2cn3c(n2)NCCC3)CC1. The van der Waals surface area contributed by atoms with Crippen LogP contribution in [0.4, 0.5) is 5.95 Å². The first-order valence-corrected chi connectivity index (χ1v) is 7.88. The van der Waals surface area contributed by atoms with Crippen molar-refractivity contribution in [3.05, 3.63) is 11.9 Å². The van der Waals surface area contributed by atoms with E-state index in [-0.39, 0.29) is 5.91 Å². The maximum Gasteiger partial charge on any atom is 0.273 e. The van der Waals surface area contributed by atoms with E-state index in [9.17, 15) is 4.79 Å². The van der Waals surface area contributed by atoms with Crippen molar-refractivity contribution in [2.75, 3.05) is 45.6 Å². The van der Waals surface area contributed by atoms with Gasteiger partial charge in [-0.15, -0.1) is 0 Å². The number of anilines is 1. The Hall–Kier alpha value is -1.56. The number of amides is 1. The van der Waals surface area contributed by atoms with Crippen molar-refractivity contribution in [1.82, 2.24) is 19.4 Å². The second-order valence-corrected chi connectivity index (χ2v) is 6.36. The van der Waals surface area contributed by atoms with Crippen molar-refractivity contribution in [2.24, 2.45) is 5.92 Å². The zero-order chi connectivity index (χ0) is 14.8. The highest BCUT2D eigenvalue weighted by Gasteiger charge is 2.23. The molecule has 2 aliphatic heterocycles. The number of carbonyl (C=O) groups is 1. The second-order valence-electron chi connectivity index (χ2n) is 6.36. The van der Waals surface area contributed by atoms with Crippen molar-refractivity contribution in [3.63, 3.8) is 0 Å². The molecule has 0 unspecified atom stereocenters. The smallest absolute Gasteiger partial charge is 0.273 e. The third-order valence-electron chi connectivity index (χ3n) is 4.57. The predicted molar refractivity (Wildman–Crippen MR) is 82.5 cm³/mol. The Balaban J connectivity index is 1.60. The number of nitrogens with one attached hydrogen (secondary N) is 1. The summed E-state index contributed by atoms with van der Waals surface area (Å²) in [5.74, 6) is 1.49. The molecule has 0 atom stereocenters. The van der Waals surface area contributed by atoms with Gasteiger partial charge in [0.2, 0.25) is 5.95 Å². The molecule has 6 nitrogen and oxygen atoms in total. The van der Waals surface area contributed by atoms with E-state index in [1.807, 2.05) is 22.7 Å². The van der Waals surface area contributed by atoms with Crippen molar-refractivity contribution < 1.29 is 4.79 Å². The lowest BCUT2D eigenvalue weighted by Gasteiger charge is -2.31. The van der Waals surface area contributed by atoms with Gasteiger partial charge < -0.3 is 19.7 Å². The van der Waals surface area contributed by atoms with Gasteiger partial charge in [0, 0.05) is 32.9 Å². The Kier molecular flexibility index (Phi) is 4.14. The van der Waals surface area contributed by atoms with Crippen LogP contribution in [0.5, 0.6) is 0 Å². The van der Waals surface area contributed by atoms with Gasteiger partial charge in [0.05, 0.1) is 0 Å². The Morgan fingerprint density at radius 1 is 1.43 bits per heavy atom. The van der Waals surface area contributed by atoms with E-state index in [0.717, 1.165) is 45.1 Å². The lowest BCUT2D eigenvalue weighted by Crippen LogP contribution is -2.38. The quantitative estimate of drug-likeness (QED) is 0.906. The van der Waals surface area contributed by atoms with Crippen LogP contribution in [0.1, 0.15) is 29.8 Å². The molecule has 1 fully saturated rings. The number of hydrogen-bond acceptors (Lipinski definition) is 4. The highest BCUT2D eigenvalue weighted by atomic mass is 16.2. The van der Waals surface area contributed by atoms with Gasteiger partial charge in [-0.05, 0) is 45.3 Å². The van der Waals surface area contributed by atoms with Gasteiger partial charge in [0.15, 0.2) is 0 Å². The zero-order valence-electron chi connectivity index (χ0n) is 13.0. The number of fused-ring (bicyclic) bond motifs is 1. The summed E-state index contributed by atoms with van der Waals surface area (Å²) in [6.45, 7) is 4.99. The van der Waals surface area contributed by atoms with Gasteiger partial charge in [-0.2, -0.15) is 0 Å². The predicted octanol–water partition coefficient (Wildman–Crippen LogP) is 1.11. The molecule has 2 aliphatic rings. The minimum Gasteiger partial charge on any atom is -0.356 e. The lowest BCUT2D eigenvalue weighted by atomic mass is 9.96. The summed E-state index contributed by atoms with van der Waals surface area (Å²) in [6, 6.07) is 0. The topological polar surface area (TPSA) is 53.4 Å². The molecule has 116 valence electrons. The van der Waals surface area contributed by atoms with E-state index >= 15 is 0 Å². The number of piperidine rings is 1. The van der Waals surface area contributed by atoms with Crippen molar-refractivity contribution in [3.8, 4) is 0 Å². The number of aromatic nitrogens is 2. The molecule has 0 bridgehead atoms. The van der Waals surface area contributed by atoms with Crippen LogP contribution in [0.2, 0.25) is 0 Å². The molecule has 1 N–H and O–H groups in total. The van der Waals surface area contributed by atoms with Crippen LogP contribution in [0, 0.1) is 5.92 Å². The first-order valence-electron chi connectivity index (χ1n) is 7.88. The number of aryl methyl sites for hydroxylation is 1. The Morgan fingerprint density at radius 2 is 2.19 bits per heavy atom. The van der Waals surface area contributed by atoms with Crippen molar-refractivity contribution >= 4 is 11.9 Å². The van der Waals surface area contributed by atoms with E-state index in [1.165, 1.54) is 12.8 Å². The standard InChI is InChI=1S/C15H25N5O/c1-18-8-4-12(5-9-18)10-19(2)14(21)13-11-20-7-3-6-16-15(20)17-13/h11-12H,3-10H2,1-2H3,(H,16,17). The first kappa shape index (κ1) is 14.4. The molecule has 6 heteroatoms. The van der Waals surface area contributed by atoms with E-state index in [2.05, 4.69) is 22.2 Å². The van der Waals surface area contributed by atoms with Gasteiger partial charge in [-0.3, -0.25) is 4.79 Å². The highest BCUT2D eigenvalue weighted by molar-refractivity contribution is 5.92. The summed E-state index contributed by atoms with van der Waals surface area (Å²) in [5, 5.41) is 3.24. The van der Waals surface area contributed by atoms with Crippen molar-refractivity contribution in [1.29, 1.82) is 0 Å². The summed E-state index contributed by atoms with van der Waals surface area (Å²) in [7, 11) is 4.06. The number of carbonyl (C=O) groups excluding carboxylic acids is 1. The fourth-order valence-corrected chi connectivity index (χ4v) is 3.19. The molecule has 1 aromatic heterocycles. The van der Waals surface area contributed by atoms with Gasteiger partial charge in [-0.1, -0.05) is 0 Å². The third kappa shape index (κ3) is 3.20. The fourth-order valence-electron chi connectivity index (χ4n) is 3.19. The van der Waals surface area contributed by atoms with Gasteiger partial charge >= 0.3 is 0 Å². The summed E-state index contributed by atoms with van der Waals surface area (Å²) in [6.07, 6.45) is 5.32. The molecule has 0 radical (unpaired) electrons. The van der Waals surface area contributed by atoms with E-state index in [1.54, 1.807) is 0 Å². The molecule has 0 spiro atoms. The third-order valence-corrected chi connectivity index (χ3v) is 4.57. The Labute approximate surface area is 126 Å². The number of rotatable bonds is 3. The molecule has 21 heavy (non-hydrogen) atoms. The van der Waals surface area contributed by atoms with Crippen LogP contribution >= 0.6 is 0 Å². The van der Waals surface area contributed by atoms with Crippen molar-refractivity contribution in [2.45, 2.75) is 25.8 Å². The first-order chi connectivity index (χ1) is 10.1. The van der Waals surface area contributed by atoms with E-state index in [0.29, 0.717) is 11.6 Å². The molecule has 0 aliphatic carbocycles. The molecule has 1 aromatic rings. The molecule has 3 rings (SSSR count). The summed E-state index contributed by atoms with van der Waals surface area (Å²) < 4.78 is 2.04. The monoisotopic (exact) mass is 291 g/mol. The molecular formula is C15H25N5O. The normalized spacial score (nSPS) is 19.9. The van der Waals surface area contributed by atoms with E-state index in [4.69, 9.17) is 0 Å². The molecule has 0 saturated carbocycles. The minimum absolute atomic E-state index is 0.0395. The van der Waals surface area contributed by atoms with Gasteiger partial charge in [0.25, 0.3) is 5.91 Å². The number of nitrogens with zero attached hydrogens (tertiary/aromatic N) is 4. The van der Waals surface area contributed by atoms with Gasteiger partial charge in [-0.25, -0.2) is 4.98 Å². The van der Waals surface area contributed by atoms with Gasteiger partial charge in [0.1, 0.15) is 5.69 Å². The molecule has 0 aromatic carbocycles. The van der Waals surface area contributed by atoms with E-state index < -0.39 is 0 Å². The number of hydrogen-bond donors (Lipinski definition) is 1. The average Bonchev–Trinajstić information content (AvgIpc) is 2.92. The Morgan fingerprint density at radius 3 is 2.90 bits per heavy atom. The van der Waals surface area contributed by atoms with Crippen LogP contribution < -0.4 is 5.32 Å². The summed E-state index contributed by atoms with van der Waals surface area (Å²) >= 11 is 0. The Bertz CT molecular complexity index is 481. The molecule has 1 amide bonds. The van der Waals surface area contributed by atoms with Crippen LogP contribution in [0.15, 0.2) is 6.20 Å². The lowest BCUT2D eigenvalue weighted by molar-refractivity contribution is 0.0742. The molecular weight excluding hydrogens is 266 g/mol. The second kappa shape index (κ2) is 6.05. The average molecular weight is 291 g/mol. The number of imidazole rings is 1. The minimum atomic E-state index is 0.0395. The zero-order valence-corrected chi connectivity index (χ0v) is 13.0.